The van der Waals surface area contributed by atoms with Gasteiger partial charge >= 0.3 is 0 Å². The molecule has 4 amide bonds. The van der Waals surface area contributed by atoms with Crippen LogP contribution in [0, 0.1) is 0 Å². The van der Waals surface area contributed by atoms with E-state index < -0.39 is 11.9 Å². The molecular weight excluding hydrogens is 488 g/mol. The Labute approximate surface area is 222 Å². The van der Waals surface area contributed by atoms with E-state index in [1.165, 1.54) is 4.90 Å². The molecule has 8 N–H and O–H groups in total. The number of ether oxygens (including phenoxy) is 1. The van der Waals surface area contributed by atoms with E-state index in [0.717, 1.165) is 37.8 Å². The van der Waals surface area contributed by atoms with Crippen LogP contribution in [0.2, 0.25) is 0 Å². The normalized spacial score (nSPS) is 16.3. The molecule has 2 aliphatic rings. The zero-order valence-electron chi connectivity index (χ0n) is 21.4. The van der Waals surface area contributed by atoms with Crippen LogP contribution in [0.1, 0.15) is 54.4 Å². The molecule has 11 nitrogen and oxygen atoms in total. The summed E-state index contributed by atoms with van der Waals surface area (Å²) in [4.78, 5) is 48.2. The molecule has 1 saturated heterocycles. The highest BCUT2D eigenvalue weighted by Crippen LogP contribution is 2.30. The molecule has 2 heterocycles. The number of anilines is 2. The van der Waals surface area contributed by atoms with Crippen molar-refractivity contribution in [3.05, 3.63) is 53.6 Å². The lowest BCUT2D eigenvalue weighted by atomic mass is 10.0. The second-order valence-electron chi connectivity index (χ2n) is 9.18. The van der Waals surface area contributed by atoms with E-state index in [1.807, 2.05) is 0 Å². The van der Waals surface area contributed by atoms with Crippen LogP contribution in [0.3, 0.4) is 0 Å². The number of unbranched alkanes of at least 4 members (excludes halogenated alkanes) is 3. The number of fused-ring (bicyclic) bond motifs is 1. The molecule has 1 unspecified atom stereocenters. The summed E-state index contributed by atoms with van der Waals surface area (Å²) >= 11 is 0. The molecule has 11 heteroatoms. The molecule has 1 atom stereocenters. The lowest BCUT2D eigenvalue weighted by Gasteiger charge is -2.29. The molecule has 4 rings (SSSR count). The minimum absolute atomic E-state index is 0.0344. The van der Waals surface area contributed by atoms with Gasteiger partial charge < -0.3 is 32.2 Å². The van der Waals surface area contributed by atoms with E-state index in [1.54, 1.807) is 42.5 Å². The van der Waals surface area contributed by atoms with Crippen molar-refractivity contribution in [1.29, 1.82) is 0 Å². The fourth-order valence-corrected chi connectivity index (χ4v) is 4.22. The summed E-state index contributed by atoms with van der Waals surface area (Å²) in [7, 11) is 0. The van der Waals surface area contributed by atoms with Gasteiger partial charge in [-0.3, -0.25) is 24.5 Å². The summed E-state index contributed by atoms with van der Waals surface area (Å²) in [5, 5.41) is 5.09. The van der Waals surface area contributed by atoms with Crippen molar-refractivity contribution in [2.24, 2.45) is 5.73 Å². The van der Waals surface area contributed by atoms with Crippen LogP contribution in [0.25, 0.3) is 0 Å². The number of nitrogens with two attached hydrogens (primary N) is 3. The van der Waals surface area contributed by atoms with Crippen molar-refractivity contribution >= 4 is 35.0 Å². The third kappa shape index (κ3) is 7.94. The van der Waals surface area contributed by atoms with Gasteiger partial charge in [-0.25, -0.2) is 0 Å². The minimum Gasteiger partial charge on any atom is -0.484 e. The van der Waals surface area contributed by atoms with Crippen LogP contribution in [0.15, 0.2) is 42.5 Å². The van der Waals surface area contributed by atoms with Gasteiger partial charge in [0.15, 0.2) is 6.61 Å². The summed E-state index contributed by atoms with van der Waals surface area (Å²) in [5.41, 5.74) is 19.3. The Morgan fingerprint density at radius 2 is 1.76 bits per heavy atom. The van der Waals surface area contributed by atoms with Crippen LogP contribution in [0.4, 0.5) is 11.4 Å². The van der Waals surface area contributed by atoms with Crippen LogP contribution >= 0.6 is 0 Å². The second-order valence-corrected chi connectivity index (χ2v) is 9.18. The first-order valence-electron chi connectivity index (χ1n) is 12.8. The molecule has 2 aromatic carbocycles. The Bertz CT molecular complexity index is 1140. The standard InChI is InChI=1S/C14H23N3O2.C13H13N3O3/c15-9-3-1-2-4-10-17-14(18)11-19-13-7-5-12(16)6-8-13;14-9-3-1-2-7-8(9)6-16(13(7)19)10-4-5-11(17)15-12(10)18/h5-8H,1-4,9-11,15-16H2,(H,17,18);1-3,10H,4-6,14H2,(H,15,17,18). The highest BCUT2D eigenvalue weighted by atomic mass is 16.5. The monoisotopic (exact) mass is 524 g/mol. The predicted molar refractivity (Wildman–Crippen MR) is 144 cm³/mol. The number of hydrogen-bond acceptors (Lipinski definition) is 8. The van der Waals surface area contributed by atoms with Gasteiger partial charge in [-0.2, -0.15) is 0 Å². The SMILES string of the molecule is NCCCCCCNC(=O)COc1ccc(N)cc1.Nc1cccc2c1CN(C1CCC(=O)NC1=O)C2=O. The minimum atomic E-state index is -0.586. The van der Waals surface area contributed by atoms with Crippen LogP contribution in [-0.4, -0.2) is 54.3 Å². The largest absolute Gasteiger partial charge is 0.484 e. The Balaban J connectivity index is 0.000000211. The summed E-state index contributed by atoms with van der Waals surface area (Å²) in [5.74, 6) is -0.347. The van der Waals surface area contributed by atoms with Gasteiger partial charge in [0.2, 0.25) is 11.8 Å². The first-order chi connectivity index (χ1) is 18.3. The van der Waals surface area contributed by atoms with E-state index in [9.17, 15) is 19.2 Å². The second kappa shape index (κ2) is 14.0. The highest BCUT2D eigenvalue weighted by molar-refractivity contribution is 6.06. The van der Waals surface area contributed by atoms with E-state index in [2.05, 4.69) is 10.6 Å². The fourth-order valence-electron chi connectivity index (χ4n) is 4.22. The quantitative estimate of drug-likeness (QED) is 0.175. The number of hydrogen-bond donors (Lipinski definition) is 5. The number of imide groups is 1. The number of nitrogens with one attached hydrogen (secondary N) is 2. The van der Waals surface area contributed by atoms with Crippen LogP contribution in [0.5, 0.6) is 5.75 Å². The smallest absolute Gasteiger partial charge is 0.257 e. The maximum absolute atomic E-state index is 12.3. The van der Waals surface area contributed by atoms with Gasteiger partial charge in [-0.15, -0.1) is 0 Å². The fraction of sp³-hybridized carbons (Fsp3) is 0.407. The first kappa shape index (κ1) is 28.5. The van der Waals surface area contributed by atoms with Crippen molar-refractivity contribution in [2.75, 3.05) is 31.2 Å². The van der Waals surface area contributed by atoms with Gasteiger partial charge in [0.25, 0.3) is 11.8 Å². The van der Waals surface area contributed by atoms with Gasteiger partial charge in [-0.1, -0.05) is 18.9 Å². The lowest BCUT2D eigenvalue weighted by Crippen LogP contribution is -2.52. The molecule has 2 aliphatic heterocycles. The molecule has 0 aliphatic carbocycles. The number of benzene rings is 2. The molecule has 2 aromatic rings. The van der Waals surface area contributed by atoms with Gasteiger partial charge in [-0.05, 0) is 62.2 Å². The van der Waals surface area contributed by atoms with Gasteiger partial charge in [0, 0.05) is 42.0 Å². The van der Waals surface area contributed by atoms with Crippen LogP contribution in [-0.2, 0) is 20.9 Å². The molecule has 0 spiro atoms. The number of carbonyl (C=O) groups excluding carboxylic acids is 4. The maximum atomic E-state index is 12.3. The molecule has 0 saturated carbocycles. The predicted octanol–water partition coefficient (Wildman–Crippen LogP) is 1.31. The van der Waals surface area contributed by atoms with E-state index in [4.69, 9.17) is 21.9 Å². The van der Waals surface area contributed by atoms with E-state index in [-0.39, 0.29) is 30.7 Å². The first-order valence-corrected chi connectivity index (χ1v) is 12.8. The molecule has 0 aromatic heterocycles. The Morgan fingerprint density at radius 1 is 1.03 bits per heavy atom. The molecule has 0 bridgehead atoms. The average molecular weight is 525 g/mol. The third-order valence-electron chi connectivity index (χ3n) is 6.32. The number of rotatable bonds is 10. The molecule has 1 fully saturated rings. The van der Waals surface area contributed by atoms with Crippen molar-refractivity contribution in [3.8, 4) is 5.75 Å². The maximum Gasteiger partial charge on any atom is 0.257 e. The van der Waals surface area contributed by atoms with Crippen molar-refractivity contribution in [1.82, 2.24) is 15.5 Å². The summed E-state index contributed by atoms with van der Waals surface area (Å²) in [6.07, 6.45) is 4.86. The van der Waals surface area contributed by atoms with Crippen molar-refractivity contribution in [2.45, 2.75) is 51.1 Å². The average Bonchev–Trinajstić information content (AvgIpc) is 3.23. The third-order valence-corrected chi connectivity index (χ3v) is 6.32. The van der Waals surface area contributed by atoms with Crippen LogP contribution < -0.4 is 32.6 Å². The zero-order chi connectivity index (χ0) is 27.5. The highest BCUT2D eigenvalue weighted by Gasteiger charge is 2.39. The molecular formula is C27H36N6O5. The topological polar surface area (TPSA) is 183 Å². The summed E-state index contributed by atoms with van der Waals surface area (Å²) < 4.78 is 5.33. The summed E-state index contributed by atoms with van der Waals surface area (Å²) in [6.45, 7) is 1.79. The number of carbonyl (C=O) groups is 4. The lowest BCUT2D eigenvalue weighted by molar-refractivity contribution is -0.137. The van der Waals surface area contributed by atoms with E-state index >= 15 is 0 Å². The number of nitrogen functional groups attached to an aromatic ring is 2. The molecule has 204 valence electrons. The zero-order valence-corrected chi connectivity index (χ0v) is 21.4. The summed E-state index contributed by atoms with van der Waals surface area (Å²) in [6, 6.07) is 11.6. The van der Waals surface area contributed by atoms with Gasteiger partial charge in [0.05, 0.1) is 0 Å². The molecule has 0 radical (unpaired) electrons. The van der Waals surface area contributed by atoms with Gasteiger partial charge in [0.1, 0.15) is 11.8 Å². The van der Waals surface area contributed by atoms with Crippen molar-refractivity contribution in [3.63, 3.8) is 0 Å². The Hall–Kier alpha value is -4.12. The number of piperidine rings is 1. The Kier molecular flexibility index (Phi) is 10.5. The number of amides is 4. The van der Waals surface area contributed by atoms with E-state index in [0.29, 0.717) is 42.2 Å². The molecule has 38 heavy (non-hydrogen) atoms. The number of nitrogens with zero attached hydrogens (tertiary/aromatic N) is 1. The van der Waals surface area contributed by atoms with Crippen molar-refractivity contribution < 1.29 is 23.9 Å². The Morgan fingerprint density at radius 3 is 2.45 bits per heavy atom.